The SMILES string of the molecule is C[C@@H](NC(=O)COC(=O)CSc1ccccc1F)c1cccs1. The molecule has 0 radical (unpaired) electrons. The summed E-state index contributed by atoms with van der Waals surface area (Å²) in [6, 6.07) is 9.88. The highest BCUT2D eigenvalue weighted by Gasteiger charge is 2.13. The van der Waals surface area contributed by atoms with Crippen LogP contribution in [0.1, 0.15) is 17.8 Å². The van der Waals surface area contributed by atoms with E-state index in [9.17, 15) is 14.0 Å². The molecule has 0 aliphatic rings. The highest BCUT2D eigenvalue weighted by atomic mass is 32.2. The van der Waals surface area contributed by atoms with Crippen LogP contribution in [0.4, 0.5) is 4.39 Å². The largest absolute Gasteiger partial charge is 0.455 e. The number of carbonyl (C=O) groups excluding carboxylic acids is 2. The Bertz CT molecular complexity index is 661. The fourth-order valence-electron chi connectivity index (χ4n) is 1.78. The summed E-state index contributed by atoms with van der Waals surface area (Å²) in [4.78, 5) is 24.7. The minimum Gasteiger partial charge on any atom is -0.455 e. The lowest BCUT2D eigenvalue weighted by Gasteiger charge is -2.12. The summed E-state index contributed by atoms with van der Waals surface area (Å²) in [6.07, 6.45) is 0. The lowest BCUT2D eigenvalue weighted by atomic mass is 10.3. The van der Waals surface area contributed by atoms with E-state index in [0.717, 1.165) is 16.6 Å². The average Bonchev–Trinajstić information content (AvgIpc) is 3.06. The molecule has 0 saturated heterocycles. The summed E-state index contributed by atoms with van der Waals surface area (Å²) in [7, 11) is 0. The van der Waals surface area contributed by atoms with E-state index in [1.165, 1.54) is 6.07 Å². The van der Waals surface area contributed by atoms with E-state index in [2.05, 4.69) is 5.32 Å². The van der Waals surface area contributed by atoms with Crippen molar-refractivity contribution >= 4 is 35.0 Å². The van der Waals surface area contributed by atoms with Crippen molar-refractivity contribution in [2.45, 2.75) is 17.9 Å². The number of benzene rings is 1. The van der Waals surface area contributed by atoms with Gasteiger partial charge in [-0.2, -0.15) is 0 Å². The van der Waals surface area contributed by atoms with Crippen LogP contribution in [0.5, 0.6) is 0 Å². The van der Waals surface area contributed by atoms with Gasteiger partial charge < -0.3 is 10.1 Å². The van der Waals surface area contributed by atoms with Crippen LogP contribution >= 0.6 is 23.1 Å². The van der Waals surface area contributed by atoms with E-state index in [1.807, 2.05) is 24.4 Å². The number of esters is 1. The number of hydrogen-bond acceptors (Lipinski definition) is 5. The summed E-state index contributed by atoms with van der Waals surface area (Å²) in [6.45, 7) is 1.52. The van der Waals surface area contributed by atoms with Crippen molar-refractivity contribution in [3.8, 4) is 0 Å². The summed E-state index contributed by atoms with van der Waals surface area (Å²) < 4.78 is 18.3. The van der Waals surface area contributed by atoms with Gasteiger partial charge in [0, 0.05) is 9.77 Å². The van der Waals surface area contributed by atoms with Gasteiger partial charge in [-0.05, 0) is 30.5 Å². The van der Waals surface area contributed by atoms with Crippen molar-refractivity contribution in [1.82, 2.24) is 5.32 Å². The third-order valence-corrected chi connectivity index (χ3v) is 4.97. The van der Waals surface area contributed by atoms with Gasteiger partial charge in [0.1, 0.15) is 5.82 Å². The molecule has 1 heterocycles. The number of thioether (sulfide) groups is 1. The molecule has 122 valence electrons. The second-order valence-corrected chi connectivity index (χ2v) is 6.68. The van der Waals surface area contributed by atoms with Gasteiger partial charge in [-0.25, -0.2) is 4.39 Å². The Balaban J connectivity index is 1.70. The molecule has 0 bridgehead atoms. The molecule has 1 N–H and O–H groups in total. The highest BCUT2D eigenvalue weighted by molar-refractivity contribution is 8.00. The Morgan fingerprint density at radius 2 is 2.09 bits per heavy atom. The lowest BCUT2D eigenvalue weighted by molar-refractivity contribution is -0.146. The third-order valence-electron chi connectivity index (χ3n) is 2.89. The first kappa shape index (κ1) is 17.5. The molecule has 1 amide bonds. The molecule has 0 aliphatic heterocycles. The summed E-state index contributed by atoms with van der Waals surface area (Å²) in [5, 5.41) is 4.68. The average molecular weight is 353 g/mol. The van der Waals surface area contributed by atoms with Gasteiger partial charge in [0.15, 0.2) is 6.61 Å². The van der Waals surface area contributed by atoms with E-state index in [1.54, 1.807) is 29.5 Å². The second-order valence-electron chi connectivity index (χ2n) is 4.68. The number of hydrogen-bond donors (Lipinski definition) is 1. The zero-order valence-corrected chi connectivity index (χ0v) is 14.1. The molecule has 0 unspecified atom stereocenters. The van der Waals surface area contributed by atoms with Crippen LogP contribution in [0, 0.1) is 5.82 Å². The van der Waals surface area contributed by atoms with Crippen molar-refractivity contribution in [2.24, 2.45) is 0 Å². The van der Waals surface area contributed by atoms with Crippen LogP contribution in [0.15, 0.2) is 46.7 Å². The topological polar surface area (TPSA) is 55.4 Å². The first-order chi connectivity index (χ1) is 11.1. The van der Waals surface area contributed by atoms with Gasteiger partial charge >= 0.3 is 5.97 Å². The normalized spacial score (nSPS) is 11.7. The molecule has 2 aromatic rings. The predicted molar refractivity (Wildman–Crippen MR) is 89.0 cm³/mol. The number of rotatable bonds is 7. The van der Waals surface area contributed by atoms with Crippen LogP contribution in [-0.4, -0.2) is 24.2 Å². The monoisotopic (exact) mass is 353 g/mol. The maximum atomic E-state index is 13.4. The maximum absolute atomic E-state index is 13.4. The van der Waals surface area contributed by atoms with E-state index < -0.39 is 5.97 Å². The zero-order chi connectivity index (χ0) is 16.7. The molecule has 1 atom stereocenters. The van der Waals surface area contributed by atoms with E-state index in [-0.39, 0.29) is 30.1 Å². The molecule has 4 nitrogen and oxygen atoms in total. The van der Waals surface area contributed by atoms with Crippen LogP contribution in [0.25, 0.3) is 0 Å². The maximum Gasteiger partial charge on any atom is 0.316 e. The Hall–Kier alpha value is -1.86. The summed E-state index contributed by atoms with van der Waals surface area (Å²) >= 11 is 2.58. The smallest absolute Gasteiger partial charge is 0.316 e. The van der Waals surface area contributed by atoms with Gasteiger partial charge in [0.2, 0.25) is 0 Å². The molecule has 0 saturated carbocycles. The van der Waals surface area contributed by atoms with Crippen molar-refractivity contribution < 1.29 is 18.7 Å². The van der Waals surface area contributed by atoms with Gasteiger partial charge in [0.25, 0.3) is 5.91 Å². The number of amides is 1. The zero-order valence-electron chi connectivity index (χ0n) is 12.5. The quantitative estimate of drug-likeness (QED) is 0.612. The first-order valence-electron chi connectivity index (χ1n) is 6.92. The van der Waals surface area contributed by atoms with E-state index in [4.69, 9.17) is 4.74 Å². The molecule has 1 aromatic carbocycles. The van der Waals surface area contributed by atoms with Crippen molar-refractivity contribution in [1.29, 1.82) is 0 Å². The molecule has 7 heteroatoms. The lowest BCUT2D eigenvalue weighted by Crippen LogP contribution is -2.31. The highest BCUT2D eigenvalue weighted by Crippen LogP contribution is 2.21. The summed E-state index contributed by atoms with van der Waals surface area (Å²) in [5.74, 6) is -1.35. The minimum absolute atomic E-state index is 0.0469. The minimum atomic E-state index is -0.558. The van der Waals surface area contributed by atoms with E-state index in [0.29, 0.717) is 4.90 Å². The first-order valence-corrected chi connectivity index (χ1v) is 8.78. The third kappa shape index (κ3) is 5.69. The number of carbonyl (C=O) groups is 2. The molecular formula is C16H16FNO3S2. The molecule has 1 aromatic heterocycles. The predicted octanol–water partition coefficient (Wildman–Crippen LogP) is 3.40. The Morgan fingerprint density at radius 1 is 1.30 bits per heavy atom. The molecular weight excluding hydrogens is 337 g/mol. The van der Waals surface area contributed by atoms with Crippen LogP contribution in [0.3, 0.4) is 0 Å². The second kappa shape index (κ2) is 8.69. The van der Waals surface area contributed by atoms with Crippen molar-refractivity contribution in [3.63, 3.8) is 0 Å². The standard InChI is InChI=1S/C16H16FNO3S2/c1-11(13-7-4-8-22-13)18-15(19)9-21-16(20)10-23-14-6-3-2-5-12(14)17/h2-8,11H,9-10H2,1H3,(H,18,19)/t11-/m1/s1. The molecule has 0 aliphatic carbocycles. The van der Waals surface area contributed by atoms with Gasteiger partial charge in [0.05, 0.1) is 11.8 Å². The van der Waals surface area contributed by atoms with Crippen molar-refractivity contribution in [2.75, 3.05) is 12.4 Å². The Morgan fingerprint density at radius 3 is 2.78 bits per heavy atom. The molecule has 0 spiro atoms. The van der Waals surface area contributed by atoms with E-state index >= 15 is 0 Å². The fourth-order valence-corrected chi connectivity index (χ4v) is 3.25. The fraction of sp³-hybridized carbons (Fsp3) is 0.250. The van der Waals surface area contributed by atoms with Crippen LogP contribution in [-0.2, 0) is 14.3 Å². The summed E-state index contributed by atoms with van der Waals surface area (Å²) in [5.41, 5.74) is 0. The van der Waals surface area contributed by atoms with Crippen molar-refractivity contribution in [3.05, 3.63) is 52.5 Å². The number of ether oxygens (including phenoxy) is 1. The molecule has 2 rings (SSSR count). The van der Waals surface area contributed by atoms with Gasteiger partial charge in [-0.3, -0.25) is 9.59 Å². The molecule has 0 fully saturated rings. The Labute approximate surface area is 142 Å². The van der Waals surface area contributed by atoms with Crippen LogP contribution < -0.4 is 5.32 Å². The number of halogens is 1. The number of nitrogens with one attached hydrogen (secondary N) is 1. The van der Waals surface area contributed by atoms with Crippen LogP contribution in [0.2, 0.25) is 0 Å². The van der Waals surface area contributed by atoms with Gasteiger partial charge in [-0.15, -0.1) is 23.1 Å². The number of thiophene rings is 1. The Kier molecular flexibility index (Phi) is 6.61. The van der Waals surface area contributed by atoms with Gasteiger partial charge in [-0.1, -0.05) is 18.2 Å². The molecule has 23 heavy (non-hydrogen) atoms.